The Morgan fingerprint density at radius 1 is 0.880 bits per heavy atom. The van der Waals surface area contributed by atoms with Crippen LogP contribution in [-0.4, -0.2) is 5.91 Å². The van der Waals surface area contributed by atoms with Crippen LogP contribution in [0.25, 0.3) is 0 Å². The van der Waals surface area contributed by atoms with Gasteiger partial charge >= 0.3 is 0 Å². The van der Waals surface area contributed by atoms with Gasteiger partial charge in [0.1, 0.15) is 6.54 Å². The van der Waals surface area contributed by atoms with Gasteiger partial charge in [0.05, 0.1) is 0 Å². The number of nitrogens with one attached hydrogen (secondary N) is 1. The zero-order valence-electron chi connectivity index (χ0n) is 14.4. The second-order valence-electron chi connectivity index (χ2n) is 6.17. The average molecular weight is 331 g/mol. The second kappa shape index (κ2) is 8.27. The van der Waals surface area contributed by atoms with Crippen molar-refractivity contribution in [1.29, 1.82) is 0 Å². The quantitative estimate of drug-likeness (QED) is 0.714. The SMILES string of the molecule is Cc1ccc(NC(=O)[C@@H]([NH2+]Cc2ccccc2)c2ccccc2)cc1. The molecule has 3 N–H and O–H groups in total. The number of carbonyl (C=O) groups is 1. The van der Waals surface area contributed by atoms with Gasteiger partial charge in [0.2, 0.25) is 0 Å². The Balaban J connectivity index is 1.75. The van der Waals surface area contributed by atoms with Crippen molar-refractivity contribution in [3.8, 4) is 0 Å². The number of amides is 1. The number of carbonyl (C=O) groups excluding carboxylic acids is 1. The molecule has 0 heterocycles. The van der Waals surface area contributed by atoms with E-state index in [4.69, 9.17) is 0 Å². The highest BCUT2D eigenvalue weighted by molar-refractivity contribution is 5.94. The lowest BCUT2D eigenvalue weighted by Crippen LogP contribution is -2.85. The Bertz CT molecular complexity index is 798. The van der Waals surface area contributed by atoms with E-state index in [0.29, 0.717) is 0 Å². The largest absolute Gasteiger partial charge is 0.328 e. The minimum absolute atomic E-state index is 0.00835. The van der Waals surface area contributed by atoms with Gasteiger partial charge in [-0.05, 0) is 19.1 Å². The van der Waals surface area contributed by atoms with Crippen molar-refractivity contribution in [3.63, 3.8) is 0 Å². The van der Waals surface area contributed by atoms with E-state index in [9.17, 15) is 4.79 Å². The Morgan fingerprint density at radius 2 is 1.48 bits per heavy atom. The molecule has 0 saturated heterocycles. The van der Waals surface area contributed by atoms with Crippen LogP contribution < -0.4 is 10.6 Å². The number of quaternary nitrogens is 1. The van der Waals surface area contributed by atoms with Crippen LogP contribution in [0.1, 0.15) is 22.7 Å². The summed E-state index contributed by atoms with van der Waals surface area (Å²) < 4.78 is 0. The van der Waals surface area contributed by atoms with Crippen molar-refractivity contribution in [2.24, 2.45) is 0 Å². The number of hydrogen-bond acceptors (Lipinski definition) is 1. The summed E-state index contributed by atoms with van der Waals surface area (Å²) in [5.41, 5.74) is 4.20. The molecule has 126 valence electrons. The van der Waals surface area contributed by atoms with Gasteiger partial charge in [0.25, 0.3) is 5.91 Å². The molecule has 0 aliphatic rings. The van der Waals surface area contributed by atoms with E-state index < -0.39 is 0 Å². The molecule has 0 aliphatic carbocycles. The molecule has 0 saturated carbocycles. The summed E-state index contributed by atoms with van der Waals surface area (Å²) in [6.07, 6.45) is 0. The number of rotatable bonds is 6. The third kappa shape index (κ3) is 4.78. The van der Waals surface area contributed by atoms with Gasteiger partial charge in [-0.15, -0.1) is 0 Å². The van der Waals surface area contributed by atoms with Gasteiger partial charge in [0.15, 0.2) is 6.04 Å². The van der Waals surface area contributed by atoms with E-state index in [1.807, 2.05) is 79.7 Å². The molecule has 1 atom stereocenters. The van der Waals surface area contributed by atoms with Crippen molar-refractivity contribution in [1.82, 2.24) is 0 Å². The molecular formula is C22H23N2O+. The summed E-state index contributed by atoms with van der Waals surface area (Å²) in [6, 6.07) is 27.7. The number of anilines is 1. The Morgan fingerprint density at radius 3 is 2.12 bits per heavy atom. The maximum Gasteiger partial charge on any atom is 0.287 e. The van der Waals surface area contributed by atoms with E-state index >= 15 is 0 Å². The first kappa shape index (κ1) is 16.9. The summed E-state index contributed by atoms with van der Waals surface area (Å²) in [7, 11) is 0. The molecule has 3 rings (SSSR count). The zero-order chi connectivity index (χ0) is 17.5. The molecule has 1 amide bonds. The smallest absolute Gasteiger partial charge is 0.287 e. The van der Waals surface area contributed by atoms with Gasteiger partial charge in [-0.2, -0.15) is 0 Å². The van der Waals surface area contributed by atoms with Crippen LogP contribution in [0.5, 0.6) is 0 Å². The van der Waals surface area contributed by atoms with Crippen molar-refractivity contribution in [2.75, 3.05) is 5.32 Å². The van der Waals surface area contributed by atoms with E-state index in [-0.39, 0.29) is 11.9 Å². The maximum absolute atomic E-state index is 12.9. The van der Waals surface area contributed by atoms with E-state index in [2.05, 4.69) is 22.8 Å². The summed E-state index contributed by atoms with van der Waals surface area (Å²) >= 11 is 0. The third-order valence-corrected chi connectivity index (χ3v) is 4.19. The predicted octanol–water partition coefficient (Wildman–Crippen LogP) is 3.44. The second-order valence-corrected chi connectivity index (χ2v) is 6.17. The fourth-order valence-electron chi connectivity index (χ4n) is 2.78. The highest BCUT2D eigenvalue weighted by atomic mass is 16.2. The molecule has 3 heteroatoms. The monoisotopic (exact) mass is 331 g/mol. The maximum atomic E-state index is 12.9. The third-order valence-electron chi connectivity index (χ3n) is 4.19. The van der Waals surface area contributed by atoms with Crippen LogP contribution in [0.3, 0.4) is 0 Å². The minimum atomic E-state index is -0.289. The van der Waals surface area contributed by atoms with Crippen LogP contribution >= 0.6 is 0 Å². The minimum Gasteiger partial charge on any atom is -0.328 e. The molecule has 0 spiro atoms. The van der Waals surface area contributed by atoms with Crippen molar-refractivity contribution in [2.45, 2.75) is 19.5 Å². The van der Waals surface area contributed by atoms with Gasteiger partial charge in [0, 0.05) is 16.8 Å². The highest BCUT2D eigenvalue weighted by Gasteiger charge is 2.24. The van der Waals surface area contributed by atoms with E-state index in [1.54, 1.807) is 0 Å². The molecule has 3 aromatic rings. The fourth-order valence-corrected chi connectivity index (χ4v) is 2.78. The molecule has 0 aliphatic heterocycles. The Hall–Kier alpha value is -2.91. The number of nitrogens with two attached hydrogens (primary N) is 1. The van der Waals surface area contributed by atoms with Crippen LogP contribution in [0, 0.1) is 6.92 Å². The molecular weight excluding hydrogens is 308 g/mol. The first-order chi connectivity index (χ1) is 12.2. The fraction of sp³-hybridized carbons (Fsp3) is 0.136. The van der Waals surface area contributed by atoms with Gasteiger partial charge in [-0.1, -0.05) is 78.4 Å². The first-order valence-corrected chi connectivity index (χ1v) is 8.52. The lowest BCUT2D eigenvalue weighted by Gasteiger charge is -2.16. The summed E-state index contributed by atoms with van der Waals surface area (Å²) in [5, 5.41) is 5.11. The number of benzene rings is 3. The van der Waals surface area contributed by atoms with Gasteiger partial charge < -0.3 is 10.6 Å². The number of hydrogen-bond donors (Lipinski definition) is 2. The summed E-state index contributed by atoms with van der Waals surface area (Å²) in [6.45, 7) is 2.79. The average Bonchev–Trinajstić information content (AvgIpc) is 2.65. The van der Waals surface area contributed by atoms with Crippen LogP contribution in [0.15, 0.2) is 84.9 Å². The van der Waals surface area contributed by atoms with E-state index in [0.717, 1.165) is 17.8 Å². The summed E-state index contributed by atoms with van der Waals surface area (Å²) in [5.74, 6) is -0.00835. The molecule has 25 heavy (non-hydrogen) atoms. The van der Waals surface area contributed by atoms with Gasteiger partial charge in [-0.3, -0.25) is 4.79 Å². The Labute approximate surface area is 148 Å². The standard InChI is InChI=1S/C22H22N2O/c1-17-12-14-20(15-13-17)24-22(25)21(19-10-6-3-7-11-19)23-16-18-8-4-2-5-9-18/h2-15,21,23H,16H2,1H3,(H,24,25)/p+1/t21-/m0/s1. The van der Waals surface area contributed by atoms with Gasteiger partial charge in [-0.25, -0.2) is 0 Å². The van der Waals surface area contributed by atoms with Crippen molar-refractivity contribution < 1.29 is 10.1 Å². The molecule has 0 aromatic heterocycles. The first-order valence-electron chi connectivity index (χ1n) is 8.52. The van der Waals surface area contributed by atoms with Crippen LogP contribution in [0.4, 0.5) is 5.69 Å². The molecule has 3 nitrogen and oxygen atoms in total. The zero-order valence-corrected chi connectivity index (χ0v) is 14.4. The Kier molecular flexibility index (Phi) is 5.60. The van der Waals surface area contributed by atoms with E-state index in [1.165, 1.54) is 11.1 Å². The molecule has 0 fully saturated rings. The van der Waals surface area contributed by atoms with Crippen LogP contribution in [-0.2, 0) is 11.3 Å². The molecule has 3 aromatic carbocycles. The predicted molar refractivity (Wildman–Crippen MR) is 101 cm³/mol. The molecule has 0 radical (unpaired) electrons. The molecule has 0 unspecified atom stereocenters. The highest BCUT2D eigenvalue weighted by Crippen LogP contribution is 2.14. The normalized spacial score (nSPS) is 11.7. The lowest BCUT2D eigenvalue weighted by molar-refractivity contribution is -0.697. The topological polar surface area (TPSA) is 45.7 Å². The number of aryl methyl sites for hydroxylation is 1. The molecule has 0 bridgehead atoms. The van der Waals surface area contributed by atoms with Crippen molar-refractivity contribution in [3.05, 3.63) is 102 Å². The summed E-state index contributed by atoms with van der Waals surface area (Å²) in [4.78, 5) is 12.9. The van der Waals surface area contributed by atoms with Crippen LogP contribution in [0.2, 0.25) is 0 Å². The van der Waals surface area contributed by atoms with Crippen molar-refractivity contribution >= 4 is 11.6 Å². The lowest BCUT2D eigenvalue weighted by atomic mass is 10.1.